The monoisotopic (exact) mass is 425 g/mol. The lowest BCUT2D eigenvalue weighted by molar-refractivity contribution is -0.138. The molecule has 2 aromatic rings. The first-order valence-corrected chi connectivity index (χ1v) is 9.63. The molecule has 29 heavy (non-hydrogen) atoms. The van der Waals surface area contributed by atoms with E-state index in [0.29, 0.717) is 4.88 Å². The molecule has 10 heteroatoms. The number of nitrogens with zero attached hydrogens (tertiary/aromatic N) is 3. The number of rotatable bonds is 3. The number of amides is 2. The third-order valence-corrected chi connectivity index (χ3v) is 5.51. The summed E-state index contributed by atoms with van der Waals surface area (Å²) >= 11 is 1.26. The Kier molecular flexibility index (Phi) is 5.92. The first kappa shape index (κ1) is 20.8. The number of aliphatic imine (C=N–C) groups is 1. The lowest BCUT2D eigenvalue weighted by atomic mass is 10.1. The minimum absolute atomic E-state index is 0.0474. The Morgan fingerprint density at radius 2 is 1.72 bits per heavy atom. The van der Waals surface area contributed by atoms with Crippen molar-refractivity contribution in [3.63, 3.8) is 0 Å². The van der Waals surface area contributed by atoms with Crippen molar-refractivity contribution in [1.82, 2.24) is 9.80 Å². The van der Waals surface area contributed by atoms with E-state index >= 15 is 0 Å². The maximum Gasteiger partial charge on any atom is 0.416 e. The van der Waals surface area contributed by atoms with Crippen LogP contribution in [0, 0.1) is 6.92 Å². The molecule has 154 valence electrons. The summed E-state index contributed by atoms with van der Waals surface area (Å²) in [7, 11) is 0. The predicted molar refractivity (Wildman–Crippen MR) is 103 cm³/mol. The van der Waals surface area contributed by atoms with Gasteiger partial charge in [0.05, 0.1) is 16.1 Å². The fourth-order valence-corrected chi connectivity index (χ4v) is 3.75. The normalized spacial score (nSPS) is 15.5. The molecule has 1 aliphatic heterocycles. The van der Waals surface area contributed by atoms with Crippen LogP contribution in [-0.2, 0) is 11.0 Å². The predicted octanol–water partition coefficient (Wildman–Crippen LogP) is 4.02. The number of carbonyl (C=O) groups is 2. The largest absolute Gasteiger partial charge is 0.465 e. The van der Waals surface area contributed by atoms with E-state index in [0.717, 1.165) is 6.07 Å². The fraction of sp³-hybridized carbons (Fsp3) is 0.316. The Hall–Kier alpha value is -2.88. The molecule has 0 aliphatic carbocycles. The van der Waals surface area contributed by atoms with Crippen LogP contribution in [0.4, 0.5) is 23.7 Å². The van der Waals surface area contributed by atoms with Crippen molar-refractivity contribution in [3.8, 4) is 0 Å². The molecule has 2 heterocycles. The summed E-state index contributed by atoms with van der Waals surface area (Å²) in [6.07, 6.45) is -5.57. The number of hydrogen-bond acceptors (Lipinski definition) is 4. The van der Waals surface area contributed by atoms with Gasteiger partial charge in [-0.2, -0.15) is 13.2 Å². The van der Waals surface area contributed by atoms with Gasteiger partial charge in [0, 0.05) is 26.2 Å². The van der Waals surface area contributed by atoms with E-state index in [2.05, 4.69) is 4.99 Å². The lowest BCUT2D eigenvalue weighted by Crippen LogP contribution is -2.51. The van der Waals surface area contributed by atoms with Gasteiger partial charge in [-0.05, 0) is 36.1 Å². The van der Waals surface area contributed by atoms with Crippen molar-refractivity contribution < 1.29 is 27.9 Å². The lowest BCUT2D eigenvalue weighted by Gasteiger charge is -2.33. The van der Waals surface area contributed by atoms with Crippen LogP contribution in [0.5, 0.6) is 0 Å². The second-order valence-electron chi connectivity index (χ2n) is 6.45. The highest BCUT2D eigenvalue weighted by molar-refractivity contribution is 7.13. The SMILES string of the molecule is Cc1c(N=C(C(=O)N2CCN(C(=O)O)CC2)c2cccs2)cccc1C(F)(F)F. The van der Waals surface area contributed by atoms with Crippen LogP contribution in [0.2, 0.25) is 0 Å². The average Bonchev–Trinajstić information content (AvgIpc) is 3.20. The van der Waals surface area contributed by atoms with Crippen LogP contribution in [0.1, 0.15) is 16.0 Å². The van der Waals surface area contributed by atoms with E-state index in [-0.39, 0.29) is 43.1 Å². The highest BCUT2D eigenvalue weighted by atomic mass is 32.1. The topological polar surface area (TPSA) is 73.2 Å². The molecule has 0 radical (unpaired) electrons. The maximum absolute atomic E-state index is 13.2. The van der Waals surface area contributed by atoms with Crippen LogP contribution in [0.25, 0.3) is 0 Å². The van der Waals surface area contributed by atoms with E-state index in [9.17, 15) is 22.8 Å². The van der Waals surface area contributed by atoms with Crippen molar-refractivity contribution in [3.05, 3.63) is 51.7 Å². The molecule has 0 bridgehead atoms. The summed E-state index contributed by atoms with van der Waals surface area (Å²) < 4.78 is 39.6. The smallest absolute Gasteiger partial charge is 0.416 e. The van der Waals surface area contributed by atoms with Crippen LogP contribution < -0.4 is 0 Å². The fourth-order valence-electron chi connectivity index (χ4n) is 3.04. The second-order valence-corrected chi connectivity index (χ2v) is 7.39. The van der Waals surface area contributed by atoms with Gasteiger partial charge < -0.3 is 14.9 Å². The quantitative estimate of drug-likeness (QED) is 0.755. The summed E-state index contributed by atoms with van der Waals surface area (Å²) in [6, 6.07) is 7.08. The summed E-state index contributed by atoms with van der Waals surface area (Å²) in [5.74, 6) is -0.436. The number of benzene rings is 1. The number of carboxylic acid groups (broad SMARTS) is 1. The molecular weight excluding hydrogens is 407 g/mol. The third-order valence-electron chi connectivity index (χ3n) is 4.64. The van der Waals surface area contributed by atoms with Crippen molar-refractivity contribution >= 4 is 34.7 Å². The zero-order chi connectivity index (χ0) is 21.2. The minimum Gasteiger partial charge on any atom is -0.465 e. The van der Waals surface area contributed by atoms with Gasteiger partial charge in [-0.3, -0.25) is 4.79 Å². The van der Waals surface area contributed by atoms with Crippen LogP contribution in [0.3, 0.4) is 0 Å². The van der Waals surface area contributed by atoms with Crippen molar-refractivity contribution in [2.24, 2.45) is 4.99 Å². The minimum atomic E-state index is -4.52. The van der Waals surface area contributed by atoms with E-state index in [1.54, 1.807) is 17.5 Å². The number of piperazine rings is 1. The summed E-state index contributed by atoms with van der Waals surface area (Å²) in [4.78, 5) is 31.7. The van der Waals surface area contributed by atoms with Gasteiger partial charge in [-0.15, -0.1) is 11.3 Å². The van der Waals surface area contributed by atoms with Gasteiger partial charge in [0.2, 0.25) is 0 Å². The van der Waals surface area contributed by atoms with Crippen LogP contribution >= 0.6 is 11.3 Å². The molecule has 1 fully saturated rings. The Morgan fingerprint density at radius 3 is 2.28 bits per heavy atom. The first-order valence-electron chi connectivity index (χ1n) is 8.75. The summed E-state index contributed by atoms with van der Waals surface area (Å²) in [6.45, 7) is 2.04. The zero-order valence-electron chi connectivity index (χ0n) is 15.4. The van der Waals surface area contributed by atoms with Gasteiger partial charge in [0.15, 0.2) is 0 Å². The molecule has 0 unspecified atom stereocenters. The molecule has 0 spiro atoms. The van der Waals surface area contributed by atoms with Gasteiger partial charge >= 0.3 is 12.3 Å². The summed E-state index contributed by atoms with van der Waals surface area (Å²) in [5, 5.41) is 10.8. The Balaban J connectivity index is 1.96. The molecule has 0 atom stereocenters. The average molecular weight is 425 g/mol. The Labute approximate surface area is 168 Å². The van der Waals surface area contributed by atoms with Crippen molar-refractivity contribution in [2.75, 3.05) is 26.2 Å². The summed E-state index contributed by atoms with van der Waals surface area (Å²) in [5.41, 5.74) is -0.740. The Morgan fingerprint density at radius 1 is 1.07 bits per heavy atom. The molecule has 0 saturated carbocycles. The molecule has 6 nitrogen and oxygen atoms in total. The van der Waals surface area contributed by atoms with Crippen LogP contribution in [-0.4, -0.2) is 58.8 Å². The maximum atomic E-state index is 13.2. The van der Waals surface area contributed by atoms with E-state index in [1.807, 2.05) is 0 Å². The molecule has 1 saturated heterocycles. The molecule has 1 aromatic carbocycles. The van der Waals surface area contributed by atoms with Gasteiger partial charge in [0.25, 0.3) is 5.91 Å². The number of carbonyl (C=O) groups excluding carboxylic acids is 1. The number of alkyl halides is 3. The first-order chi connectivity index (χ1) is 13.7. The number of thiophene rings is 1. The van der Waals surface area contributed by atoms with E-state index < -0.39 is 23.7 Å². The molecule has 1 aromatic heterocycles. The van der Waals surface area contributed by atoms with Crippen LogP contribution in [0.15, 0.2) is 40.7 Å². The van der Waals surface area contributed by atoms with Gasteiger partial charge in [-0.1, -0.05) is 12.1 Å². The molecular formula is C19H18F3N3O3S. The van der Waals surface area contributed by atoms with E-state index in [1.165, 1.54) is 40.2 Å². The van der Waals surface area contributed by atoms with Crippen molar-refractivity contribution in [1.29, 1.82) is 0 Å². The third kappa shape index (κ3) is 4.58. The van der Waals surface area contributed by atoms with Crippen molar-refractivity contribution in [2.45, 2.75) is 13.1 Å². The number of hydrogen-bond donors (Lipinski definition) is 1. The molecule has 2 amide bonds. The van der Waals surface area contributed by atoms with E-state index in [4.69, 9.17) is 5.11 Å². The Bertz CT molecular complexity index is 934. The van der Waals surface area contributed by atoms with Gasteiger partial charge in [0.1, 0.15) is 5.71 Å². The van der Waals surface area contributed by atoms with Gasteiger partial charge in [-0.25, -0.2) is 9.79 Å². The zero-order valence-corrected chi connectivity index (χ0v) is 16.3. The number of halogens is 3. The standard InChI is InChI=1S/C19H18F3N3O3S/c1-12-13(19(20,21)22)4-2-5-14(12)23-16(15-6-3-11-29-15)17(26)24-7-9-25(10-8-24)18(27)28/h2-6,11H,7-10H2,1H3,(H,27,28). The molecule has 3 rings (SSSR count). The molecule has 1 N–H and O–H groups in total. The highest BCUT2D eigenvalue weighted by Gasteiger charge is 2.33. The second kappa shape index (κ2) is 8.24. The molecule has 1 aliphatic rings. The highest BCUT2D eigenvalue weighted by Crippen LogP contribution is 2.35.